The minimum Gasteiger partial charge on any atom is -0.497 e. The van der Waals surface area contributed by atoms with E-state index >= 15 is 0 Å². The Labute approximate surface area is 147 Å². The molecular formula is C18H20N2O4S. The molecule has 2 aromatic carbocycles. The van der Waals surface area contributed by atoms with Gasteiger partial charge in [-0.05, 0) is 42.8 Å². The molecule has 132 valence electrons. The Morgan fingerprint density at radius 2 is 1.84 bits per heavy atom. The van der Waals surface area contributed by atoms with Gasteiger partial charge in [0.2, 0.25) is 0 Å². The molecule has 2 aromatic rings. The molecule has 1 amide bonds. The van der Waals surface area contributed by atoms with Crippen molar-refractivity contribution < 1.29 is 17.9 Å². The quantitative estimate of drug-likeness (QED) is 0.855. The summed E-state index contributed by atoms with van der Waals surface area (Å²) in [5.41, 5.74) is 1.96. The molecule has 0 unspecified atom stereocenters. The number of amides is 1. The minimum absolute atomic E-state index is 0.00676. The maximum atomic E-state index is 12.6. The SMILES string of the molecule is COc1ccc(Nc2ccccc2C(=O)N[C@H]2CCS(=O)(=O)C2)cc1. The van der Waals surface area contributed by atoms with Gasteiger partial charge in [-0.25, -0.2) is 8.42 Å². The summed E-state index contributed by atoms with van der Waals surface area (Å²) in [6.45, 7) is 0. The number of methoxy groups -OCH3 is 1. The second kappa shape index (κ2) is 7.14. The Hall–Kier alpha value is -2.54. The van der Waals surface area contributed by atoms with E-state index in [0.717, 1.165) is 11.4 Å². The lowest BCUT2D eigenvalue weighted by Gasteiger charge is -2.15. The number of hydrogen-bond acceptors (Lipinski definition) is 5. The third-order valence-electron chi connectivity index (χ3n) is 4.11. The largest absolute Gasteiger partial charge is 0.497 e. The molecule has 0 radical (unpaired) electrons. The van der Waals surface area contributed by atoms with Crippen molar-refractivity contribution >= 4 is 27.1 Å². The predicted molar refractivity (Wildman–Crippen MR) is 97.2 cm³/mol. The Balaban J connectivity index is 1.74. The third-order valence-corrected chi connectivity index (χ3v) is 5.88. The Morgan fingerprint density at radius 1 is 1.12 bits per heavy atom. The predicted octanol–water partition coefficient (Wildman–Crippen LogP) is 2.36. The van der Waals surface area contributed by atoms with Crippen LogP contribution in [0.4, 0.5) is 11.4 Å². The van der Waals surface area contributed by atoms with Crippen LogP contribution >= 0.6 is 0 Å². The highest BCUT2D eigenvalue weighted by Crippen LogP contribution is 2.23. The molecule has 3 rings (SSSR count). The van der Waals surface area contributed by atoms with Crippen molar-refractivity contribution in [3.05, 3.63) is 54.1 Å². The molecule has 2 N–H and O–H groups in total. The first-order valence-electron chi connectivity index (χ1n) is 7.98. The van der Waals surface area contributed by atoms with E-state index in [-0.39, 0.29) is 23.5 Å². The molecule has 1 heterocycles. The van der Waals surface area contributed by atoms with E-state index in [2.05, 4.69) is 10.6 Å². The van der Waals surface area contributed by atoms with Crippen LogP contribution in [0, 0.1) is 0 Å². The van der Waals surface area contributed by atoms with Gasteiger partial charge in [-0.3, -0.25) is 4.79 Å². The van der Waals surface area contributed by atoms with Gasteiger partial charge >= 0.3 is 0 Å². The van der Waals surface area contributed by atoms with Crippen molar-refractivity contribution in [3.63, 3.8) is 0 Å². The smallest absolute Gasteiger partial charge is 0.253 e. The number of anilines is 2. The number of carbonyl (C=O) groups is 1. The molecule has 0 aromatic heterocycles. The lowest BCUT2D eigenvalue weighted by molar-refractivity contribution is 0.0942. The van der Waals surface area contributed by atoms with Crippen LogP contribution in [0.5, 0.6) is 5.75 Å². The zero-order chi connectivity index (χ0) is 17.9. The summed E-state index contributed by atoms with van der Waals surface area (Å²) < 4.78 is 28.2. The molecular weight excluding hydrogens is 340 g/mol. The molecule has 0 spiro atoms. The summed E-state index contributed by atoms with van der Waals surface area (Å²) in [4.78, 5) is 12.6. The molecule has 6 nitrogen and oxygen atoms in total. The highest BCUT2D eigenvalue weighted by molar-refractivity contribution is 7.91. The number of carbonyl (C=O) groups excluding carboxylic acids is 1. The van der Waals surface area contributed by atoms with Gasteiger partial charge in [-0.15, -0.1) is 0 Å². The number of ether oxygens (including phenoxy) is 1. The van der Waals surface area contributed by atoms with Crippen LogP contribution in [0.15, 0.2) is 48.5 Å². The van der Waals surface area contributed by atoms with Gasteiger partial charge in [0, 0.05) is 11.7 Å². The summed E-state index contributed by atoms with van der Waals surface area (Å²) in [6, 6.07) is 14.2. The van der Waals surface area contributed by atoms with E-state index in [0.29, 0.717) is 17.7 Å². The van der Waals surface area contributed by atoms with Crippen LogP contribution in [0.2, 0.25) is 0 Å². The molecule has 1 aliphatic heterocycles. The highest BCUT2D eigenvalue weighted by atomic mass is 32.2. The zero-order valence-corrected chi connectivity index (χ0v) is 14.7. The van der Waals surface area contributed by atoms with E-state index < -0.39 is 9.84 Å². The van der Waals surface area contributed by atoms with Crippen LogP contribution in [-0.2, 0) is 9.84 Å². The maximum absolute atomic E-state index is 12.6. The molecule has 1 fully saturated rings. The molecule has 7 heteroatoms. The average Bonchev–Trinajstić information content (AvgIpc) is 2.94. The van der Waals surface area contributed by atoms with Gasteiger partial charge < -0.3 is 15.4 Å². The fraction of sp³-hybridized carbons (Fsp3) is 0.278. The molecule has 1 saturated heterocycles. The van der Waals surface area contributed by atoms with Crippen molar-refractivity contribution in [2.75, 3.05) is 23.9 Å². The van der Waals surface area contributed by atoms with Gasteiger partial charge in [0.15, 0.2) is 9.84 Å². The van der Waals surface area contributed by atoms with E-state index in [1.807, 2.05) is 36.4 Å². The van der Waals surface area contributed by atoms with Crippen LogP contribution in [0.1, 0.15) is 16.8 Å². The first-order chi connectivity index (χ1) is 12.0. The fourth-order valence-electron chi connectivity index (χ4n) is 2.79. The molecule has 25 heavy (non-hydrogen) atoms. The maximum Gasteiger partial charge on any atom is 0.253 e. The summed E-state index contributed by atoms with van der Waals surface area (Å²) in [5, 5.41) is 6.03. The van der Waals surface area contributed by atoms with Crippen molar-refractivity contribution in [2.45, 2.75) is 12.5 Å². The average molecular weight is 360 g/mol. The van der Waals surface area contributed by atoms with E-state index in [1.54, 1.807) is 19.2 Å². The molecule has 0 aliphatic carbocycles. The number of benzene rings is 2. The number of rotatable bonds is 5. The third kappa shape index (κ3) is 4.30. The topological polar surface area (TPSA) is 84.5 Å². The van der Waals surface area contributed by atoms with E-state index in [9.17, 15) is 13.2 Å². The van der Waals surface area contributed by atoms with Gasteiger partial charge in [0.1, 0.15) is 5.75 Å². The first kappa shape index (κ1) is 17.3. The van der Waals surface area contributed by atoms with Crippen LogP contribution in [-0.4, -0.2) is 39.0 Å². The summed E-state index contributed by atoms with van der Waals surface area (Å²) in [7, 11) is -1.43. The number of para-hydroxylation sites is 1. The summed E-state index contributed by atoms with van der Waals surface area (Å²) in [5.74, 6) is 0.606. The monoisotopic (exact) mass is 360 g/mol. The summed E-state index contributed by atoms with van der Waals surface area (Å²) in [6.07, 6.45) is 0.460. The molecule has 1 aliphatic rings. The normalized spacial score (nSPS) is 18.5. The number of sulfone groups is 1. The molecule has 1 atom stereocenters. The zero-order valence-electron chi connectivity index (χ0n) is 13.9. The Bertz CT molecular complexity index is 863. The number of hydrogen-bond donors (Lipinski definition) is 2. The van der Waals surface area contributed by atoms with Gasteiger partial charge in [-0.1, -0.05) is 12.1 Å². The van der Waals surface area contributed by atoms with Crippen molar-refractivity contribution in [2.24, 2.45) is 0 Å². The van der Waals surface area contributed by atoms with Crippen molar-refractivity contribution in [1.82, 2.24) is 5.32 Å². The Kier molecular flexibility index (Phi) is 4.94. The van der Waals surface area contributed by atoms with Crippen LogP contribution in [0.25, 0.3) is 0 Å². The minimum atomic E-state index is -3.03. The van der Waals surface area contributed by atoms with Gasteiger partial charge in [-0.2, -0.15) is 0 Å². The fourth-order valence-corrected chi connectivity index (χ4v) is 4.47. The second-order valence-corrected chi connectivity index (χ2v) is 8.20. The lowest BCUT2D eigenvalue weighted by atomic mass is 10.1. The van der Waals surface area contributed by atoms with E-state index in [1.165, 1.54) is 0 Å². The van der Waals surface area contributed by atoms with Crippen molar-refractivity contribution in [3.8, 4) is 5.75 Å². The summed E-state index contributed by atoms with van der Waals surface area (Å²) >= 11 is 0. The van der Waals surface area contributed by atoms with Crippen LogP contribution < -0.4 is 15.4 Å². The lowest BCUT2D eigenvalue weighted by Crippen LogP contribution is -2.35. The number of nitrogens with one attached hydrogen (secondary N) is 2. The second-order valence-electron chi connectivity index (χ2n) is 5.97. The molecule has 0 bridgehead atoms. The van der Waals surface area contributed by atoms with Crippen molar-refractivity contribution in [1.29, 1.82) is 0 Å². The van der Waals surface area contributed by atoms with Gasteiger partial charge in [0.05, 0.1) is 29.9 Å². The van der Waals surface area contributed by atoms with E-state index in [4.69, 9.17) is 4.74 Å². The first-order valence-corrected chi connectivity index (χ1v) is 9.80. The van der Waals surface area contributed by atoms with Gasteiger partial charge in [0.25, 0.3) is 5.91 Å². The Morgan fingerprint density at radius 3 is 2.48 bits per heavy atom. The standard InChI is InChI=1S/C18H20N2O4S/c1-24-15-8-6-13(7-9-15)19-17-5-3-2-4-16(17)18(21)20-14-10-11-25(22,23)12-14/h2-9,14,19H,10-12H2,1H3,(H,20,21)/t14-/m0/s1. The van der Waals surface area contributed by atoms with Crippen LogP contribution in [0.3, 0.4) is 0 Å². The molecule has 0 saturated carbocycles. The highest BCUT2D eigenvalue weighted by Gasteiger charge is 2.29.